The number of esters is 6. The summed E-state index contributed by atoms with van der Waals surface area (Å²) in [6, 6.07) is 0. The third-order valence-corrected chi connectivity index (χ3v) is 8.79. The van der Waals surface area contributed by atoms with Crippen LogP contribution in [0, 0.1) is 10.8 Å². The Kier molecular flexibility index (Phi) is 36.5. The molecule has 1 unspecified atom stereocenters. The van der Waals surface area contributed by atoms with E-state index in [2.05, 4.69) is 39.5 Å². The predicted octanol–water partition coefficient (Wildman–Crippen LogP) is 3.40. The Morgan fingerprint density at radius 3 is 0.797 bits per heavy atom. The van der Waals surface area contributed by atoms with Gasteiger partial charge in [0.1, 0.15) is 39.6 Å². The van der Waals surface area contributed by atoms with Gasteiger partial charge in [-0.2, -0.15) is 0 Å². The van der Waals surface area contributed by atoms with Crippen molar-refractivity contribution in [3.63, 3.8) is 0 Å². The van der Waals surface area contributed by atoms with E-state index in [-0.39, 0.29) is 126 Å². The van der Waals surface area contributed by atoms with Gasteiger partial charge in [-0.25, -0.2) is 28.8 Å². The van der Waals surface area contributed by atoms with E-state index < -0.39 is 46.6 Å². The van der Waals surface area contributed by atoms with Crippen LogP contribution in [-0.4, -0.2) is 168 Å². The molecule has 0 spiro atoms. The van der Waals surface area contributed by atoms with E-state index in [1.165, 1.54) is 0 Å². The lowest BCUT2D eigenvalue weighted by Crippen LogP contribution is -2.40. The number of hydrogen-bond acceptors (Lipinski definition) is 19. The van der Waals surface area contributed by atoms with Crippen molar-refractivity contribution in [2.75, 3.05) is 132 Å². The molecule has 19 heteroatoms. The highest BCUT2D eigenvalue weighted by molar-refractivity contribution is 5.82. The van der Waals surface area contributed by atoms with Crippen LogP contribution in [0.5, 0.6) is 0 Å². The summed E-state index contributed by atoms with van der Waals surface area (Å²) >= 11 is 0. The molecule has 0 aromatic heterocycles. The van der Waals surface area contributed by atoms with Crippen molar-refractivity contribution in [3.8, 4) is 0 Å². The Balaban J connectivity index is 6.45. The molecule has 0 aliphatic carbocycles. The van der Waals surface area contributed by atoms with Crippen LogP contribution in [0.2, 0.25) is 0 Å². The average molecular weight is 913 g/mol. The Morgan fingerprint density at radius 1 is 0.281 bits per heavy atom. The molecule has 0 saturated carbocycles. The molecule has 1 atom stereocenters. The standard InChI is InChI=1S/C45H68O19/c1-7-38(46)59-28-22-52-18-13-14-44(34-56-26-32-63-42(50)11-5,15-19-53-23-29-60-39(47)8-2)36-58-37-45(35-57-27-33-64-43(51)12-6,16-20-54-24-30-61-40(48)9-3)17-21-55-25-31-62-41(49)10-4/h7-12H,1-6,13-37H2. The van der Waals surface area contributed by atoms with Gasteiger partial charge in [-0.15, -0.1) is 0 Å². The van der Waals surface area contributed by atoms with Gasteiger partial charge < -0.3 is 61.6 Å². The maximum Gasteiger partial charge on any atom is 0.330 e. The van der Waals surface area contributed by atoms with Crippen LogP contribution < -0.4 is 0 Å². The van der Waals surface area contributed by atoms with Gasteiger partial charge in [0, 0.05) is 73.7 Å². The zero-order valence-corrected chi connectivity index (χ0v) is 37.1. The quantitative estimate of drug-likeness (QED) is 0.0370. The van der Waals surface area contributed by atoms with Crippen LogP contribution in [0.1, 0.15) is 32.1 Å². The van der Waals surface area contributed by atoms with Crippen LogP contribution in [-0.2, 0) is 90.3 Å². The Hall–Kier alpha value is -5.02. The largest absolute Gasteiger partial charge is 0.460 e. The Bertz CT molecular complexity index is 1380. The second-order valence-electron chi connectivity index (χ2n) is 13.6. The normalized spacial score (nSPS) is 11.8. The lowest BCUT2D eigenvalue weighted by Gasteiger charge is -2.37. The summed E-state index contributed by atoms with van der Waals surface area (Å²) in [6.07, 6.45) is 8.50. The Morgan fingerprint density at radius 2 is 0.516 bits per heavy atom. The number of hydrogen-bond donors (Lipinski definition) is 0. The smallest absolute Gasteiger partial charge is 0.330 e. The maximum atomic E-state index is 11.7. The van der Waals surface area contributed by atoms with Gasteiger partial charge in [-0.3, -0.25) is 0 Å². The van der Waals surface area contributed by atoms with Crippen LogP contribution in [0.25, 0.3) is 0 Å². The molecule has 362 valence electrons. The number of carbonyl (C=O) groups is 6. The zero-order chi connectivity index (χ0) is 47.6. The minimum absolute atomic E-state index is 0.00379. The second kappa shape index (κ2) is 39.6. The molecular formula is C45H68O19. The minimum Gasteiger partial charge on any atom is -0.460 e. The zero-order valence-electron chi connectivity index (χ0n) is 37.1. The summed E-state index contributed by atoms with van der Waals surface area (Å²) < 4.78 is 72.3. The molecule has 0 radical (unpaired) electrons. The Labute approximate surface area is 376 Å². The van der Waals surface area contributed by atoms with Gasteiger partial charge in [0.25, 0.3) is 0 Å². The van der Waals surface area contributed by atoms with Crippen molar-refractivity contribution in [1.82, 2.24) is 0 Å². The number of carbonyl (C=O) groups excluding carboxylic acids is 6. The third kappa shape index (κ3) is 32.6. The van der Waals surface area contributed by atoms with Gasteiger partial charge >= 0.3 is 35.8 Å². The molecular weight excluding hydrogens is 844 g/mol. The second-order valence-corrected chi connectivity index (χ2v) is 13.6. The molecule has 19 nitrogen and oxygen atoms in total. The molecule has 0 aromatic carbocycles. The lowest BCUT2D eigenvalue weighted by atomic mass is 9.80. The first-order chi connectivity index (χ1) is 30.9. The number of ether oxygens (including phenoxy) is 13. The summed E-state index contributed by atoms with van der Waals surface area (Å²) in [5.41, 5.74) is -1.50. The van der Waals surface area contributed by atoms with Gasteiger partial charge in [-0.1, -0.05) is 39.5 Å². The van der Waals surface area contributed by atoms with E-state index >= 15 is 0 Å². The summed E-state index contributed by atoms with van der Waals surface area (Å²) in [6.45, 7) is 22.3. The summed E-state index contributed by atoms with van der Waals surface area (Å²) in [4.78, 5) is 69.4. The monoisotopic (exact) mass is 912 g/mol. The molecule has 0 N–H and O–H groups in total. The van der Waals surface area contributed by atoms with Crippen LogP contribution in [0.3, 0.4) is 0 Å². The van der Waals surface area contributed by atoms with Gasteiger partial charge in [0.05, 0.1) is 66.1 Å². The van der Waals surface area contributed by atoms with Gasteiger partial charge in [0.15, 0.2) is 0 Å². The van der Waals surface area contributed by atoms with Crippen molar-refractivity contribution >= 4 is 35.8 Å². The number of rotatable bonds is 45. The predicted molar refractivity (Wildman–Crippen MR) is 231 cm³/mol. The van der Waals surface area contributed by atoms with E-state index in [4.69, 9.17) is 61.6 Å². The first-order valence-electron chi connectivity index (χ1n) is 20.7. The average Bonchev–Trinajstić information content (AvgIpc) is 3.30. The highest BCUT2D eigenvalue weighted by Gasteiger charge is 2.35. The van der Waals surface area contributed by atoms with E-state index in [0.29, 0.717) is 38.7 Å². The summed E-state index contributed by atoms with van der Waals surface area (Å²) in [5.74, 6) is -3.51. The molecule has 0 amide bonds. The highest BCUT2D eigenvalue weighted by Crippen LogP contribution is 2.33. The molecule has 64 heavy (non-hydrogen) atoms. The van der Waals surface area contributed by atoms with E-state index in [1.54, 1.807) is 0 Å². The van der Waals surface area contributed by atoms with Gasteiger partial charge in [0.2, 0.25) is 0 Å². The van der Waals surface area contributed by atoms with Crippen molar-refractivity contribution < 1.29 is 90.3 Å². The fourth-order valence-corrected chi connectivity index (χ4v) is 5.36. The first kappa shape index (κ1) is 59.0. The fourth-order valence-electron chi connectivity index (χ4n) is 5.36. The molecule has 0 rings (SSSR count). The van der Waals surface area contributed by atoms with Crippen LogP contribution in [0.4, 0.5) is 0 Å². The van der Waals surface area contributed by atoms with Crippen LogP contribution >= 0.6 is 0 Å². The molecule has 0 heterocycles. The summed E-state index contributed by atoms with van der Waals surface area (Å²) in [5, 5.41) is 0. The van der Waals surface area contributed by atoms with Crippen molar-refractivity contribution in [3.05, 3.63) is 75.9 Å². The first-order valence-corrected chi connectivity index (χ1v) is 20.7. The van der Waals surface area contributed by atoms with E-state index in [1.807, 2.05) is 0 Å². The van der Waals surface area contributed by atoms with Crippen molar-refractivity contribution in [1.29, 1.82) is 0 Å². The van der Waals surface area contributed by atoms with E-state index in [9.17, 15) is 28.8 Å². The van der Waals surface area contributed by atoms with E-state index in [0.717, 1.165) is 36.5 Å². The van der Waals surface area contributed by atoms with Crippen LogP contribution in [0.15, 0.2) is 75.9 Å². The lowest BCUT2D eigenvalue weighted by molar-refractivity contribution is -0.142. The highest BCUT2D eigenvalue weighted by atomic mass is 16.6. The fraction of sp³-hybridized carbons (Fsp3) is 0.600. The SMILES string of the molecule is C=CC(=O)OCCOCCCC(CCOCCOC(=O)C=C)(COCCOC(=O)C=C)COCC(CCOCCOC(=O)C=C)(CCOCCOC(=O)C=C)COCCOC(=O)C=C. The maximum absolute atomic E-state index is 11.7. The molecule has 0 aromatic rings. The molecule has 0 saturated heterocycles. The van der Waals surface area contributed by atoms with Crippen molar-refractivity contribution in [2.45, 2.75) is 32.1 Å². The molecule has 0 aliphatic heterocycles. The van der Waals surface area contributed by atoms with Crippen molar-refractivity contribution in [2.24, 2.45) is 10.8 Å². The third-order valence-electron chi connectivity index (χ3n) is 8.79. The molecule has 0 fully saturated rings. The summed E-state index contributed by atoms with van der Waals surface area (Å²) in [7, 11) is 0. The topological polar surface area (TPSA) is 222 Å². The minimum atomic E-state index is -0.777. The molecule has 0 aliphatic rings. The van der Waals surface area contributed by atoms with Gasteiger partial charge in [-0.05, 0) is 32.1 Å². The molecule has 0 bridgehead atoms.